The summed E-state index contributed by atoms with van der Waals surface area (Å²) in [6.45, 7) is 1.40. The Balaban J connectivity index is 1.82. The van der Waals surface area contributed by atoms with E-state index in [4.69, 9.17) is 0 Å². The van der Waals surface area contributed by atoms with Crippen molar-refractivity contribution in [2.45, 2.75) is 18.3 Å². The van der Waals surface area contributed by atoms with Gasteiger partial charge < -0.3 is 10.3 Å². The first-order chi connectivity index (χ1) is 9.33. The van der Waals surface area contributed by atoms with Gasteiger partial charge >= 0.3 is 0 Å². The predicted octanol–water partition coefficient (Wildman–Crippen LogP) is 2.34. The quantitative estimate of drug-likeness (QED) is 0.817. The zero-order chi connectivity index (χ0) is 13.1. The molecule has 1 heterocycles. The number of quaternary nitrogens is 1. The van der Waals surface area contributed by atoms with Crippen molar-refractivity contribution in [3.8, 4) is 0 Å². The lowest BCUT2D eigenvalue weighted by Crippen LogP contribution is -3.09. The Hall–Kier alpha value is -1.64. The first-order valence-corrected chi connectivity index (χ1v) is 6.94. The molecular formula is C17H19NO. The molecule has 2 atom stereocenters. The Labute approximate surface area is 114 Å². The summed E-state index contributed by atoms with van der Waals surface area (Å²) in [6.07, 6.45) is 1.08. The first-order valence-electron chi connectivity index (χ1n) is 6.94. The molecule has 0 bridgehead atoms. The maximum Gasteiger partial charge on any atom is 0.0838 e. The third-order valence-electron chi connectivity index (χ3n) is 4.06. The minimum absolute atomic E-state index is 0.382. The van der Waals surface area contributed by atoms with Gasteiger partial charge in [0.05, 0.1) is 13.1 Å². The Morgan fingerprint density at radius 2 is 1.16 bits per heavy atom. The van der Waals surface area contributed by atoms with E-state index in [0.717, 1.165) is 6.42 Å². The van der Waals surface area contributed by atoms with Crippen LogP contribution in [0.4, 0.5) is 0 Å². The normalized spacial score (nSPS) is 27.1. The van der Waals surface area contributed by atoms with Crippen LogP contribution in [0.15, 0.2) is 60.7 Å². The van der Waals surface area contributed by atoms with Crippen molar-refractivity contribution in [3.05, 3.63) is 77.0 Å². The van der Waals surface area contributed by atoms with Gasteiger partial charge in [-0.1, -0.05) is 60.7 Å². The van der Waals surface area contributed by atoms with Crippen molar-refractivity contribution in [1.82, 2.24) is 0 Å². The van der Waals surface area contributed by atoms with Crippen LogP contribution in [-0.4, -0.2) is 13.1 Å². The van der Waals surface area contributed by atoms with Crippen LogP contribution in [0.2, 0.25) is 0 Å². The lowest BCUT2D eigenvalue weighted by Gasteiger charge is -2.37. The number of hydroxylamine groups is 2. The number of hydrogen-bond acceptors (Lipinski definition) is 1. The minimum atomic E-state index is 0.382. The summed E-state index contributed by atoms with van der Waals surface area (Å²) >= 11 is 0. The molecular weight excluding hydrogens is 234 g/mol. The average molecular weight is 253 g/mol. The minimum Gasteiger partial charge on any atom is -0.634 e. The molecule has 0 saturated carbocycles. The molecule has 1 aliphatic heterocycles. The highest BCUT2D eigenvalue weighted by Gasteiger charge is 2.28. The highest BCUT2D eigenvalue weighted by atomic mass is 16.5. The highest BCUT2D eigenvalue weighted by Crippen LogP contribution is 2.30. The molecule has 1 aliphatic rings. The molecule has 0 radical (unpaired) electrons. The van der Waals surface area contributed by atoms with Crippen LogP contribution in [0.25, 0.3) is 0 Å². The van der Waals surface area contributed by atoms with E-state index < -0.39 is 0 Å². The zero-order valence-electron chi connectivity index (χ0n) is 11.0. The van der Waals surface area contributed by atoms with Crippen LogP contribution in [0, 0.1) is 5.21 Å². The van der Waals surface area contributed by atoms with Crippen molar-refractivity contribution in [1.29, 1.82) is 0 Å². The second-order valence-corrected chi connectivity index (χ2v) is 5.40. The van der Waals surface area contributed by atoms with Crippen LogP contribution < -0.4 is 5.06 Å². The third kappa shape index (κ3) is 2.86. The van der Waals surface area contributed by atoms with Gasteiger partial charge in [0.25, 0.3) is 0 Å². The Kier molecular flexibility index (Phi) is 3.62. The second-order valence-electron chi connectivity index (χ2n) is 5.40. The molecule has 2 aromatic rings. The Bertz CT molecular complexity index is 464. The number of rotatable bonds is 2. The topological polar surface area (TPSA) is 27.5 Å². The van der Waals surface area contributed by atoms with Crippen molar-refractivity contribution in [3.63, 3.8) is 0 Å². The van der Waals surface area contributed by atoms with Gasteiger partial charge in [0.1, 0.15) is 0 Å². The van der Waals surface area contributed by atoms with Gasteiger partial charge in [-0.05, 0) is 17.5 Å². The fraction of sp³-hybridized carbons (Fsp3) is 0.294. The van der Waals surface area contributed by atoms with E-state index in [-0.39, 0.29) is 0 Å². The summed E-state index contributed by atoms with van der Waals surface area (Å²) in [6, 6.07) is 20.9. The van der Waals surface area contributed by atoms with Crippen molar-refractivity contribution < 1.29 is 5.06 Å². The smallest absolute Gasteiger partial charge is 0.0838 e. The van der Waals surface area contributed by atoms with E-state index in [1.165, 1.54) is 11.1 Å². The molecule has 2 nitrogen and oxygen atoms in total. The van der Waals surface area contributed by atoms with Crippen LogP contribution >= 0.6 is 0 Å². The summed E-state index contributed by atoms with van der Waals surface area (Å²) < 4.78 is 0. The fourth-order valence-corrected chi connectivity index (χ4v) is 3.10. The average Bonchev–Trinajstić information content (AvgIpc) is 2.48. The molecule has 0 amide bonds. The molecule has 1 N–H and O–H groups in total. The molecule has 2 heteroatoms. The Morgan fingerprint density at radius 3 is 1.58 bits per heavy atom. The maximum absolute atomic E-state index is 12.0. The van der Waals surface area contributed by atoms with E-state index in [9.17, 15) is 5.21 Å². The molecule has 3 rings (SSSR count). The number of piperidine rings is 1. The number of hydrogen-bond donors (Lipinski definition) is 1. The number of nitrogens with one attached hydrogen (secondary N) is 1. The molecule has 0 aliphatic carbocycles. The van der Waals surface area contributed by atoms with Gasteiger partial charge in [-0.3, -0.25) is 0 Å². The summed E-state index contributed by atoms with van der Waals surface area (Å²) in [5.74, 6) is 0.764. The molecule has 1 saturated heterocycles. The van der Waals surface area contributed by atoms with E-state index in [1.54, 1.807) is 0 Å². The molecule has 2 aromatic carbocycles. The summed E-state index contributed by atoms with van der Waals surface area (Å²) in [4.78, 5) is 0. The van der Waals surface area contributed by atoms with Gasteiger partial charge in [0, 0.05) is 11.8 Å². The molecule has 2 unspecified atom stereocenters. The molecule has 1 fully saturated rings. The second kappa shape index (κ2) is 5.55. The van der Waals surface area contributed by atoms with E-state index >= 15 is 0 Å². The summed E-state index contributed by atoms with van der Waals surface area (Å²) in [5, 5.41) is 12.4. The summed E-state index contributed by atoms with van der Waals surface area (Å²) in [7, 11) is 0. The van der Waals surface area contributed by atoms with Crippen LogP contribution in [-0.2, 0) is 0 Å². The van der Waals surface area contributed by atoms with Gasteiger partial charge in [0.15, 0.2) is 0 Å². The van der Waals surface area contributed by atoms with Crippen LogP contribution in [0.5, 0.6) is 0 Å². The molecule has 19 heavy (non-hydrogen) atoms. The molecule has 0 aromatic heterocycles. The van der Waals surface area contributed by atoms with Crippen molar-refractivity contribution in [2.24, 2.45) is 0 Å². The SMILES string of the molecule is [O-][NH+]1CC(c2ccccc2)CC(c2ccccc2)C1. The monoisotopic (exact) mass is 253 g/mol. The van der Waals surface area contributed by atoms with Crippen molar-refractivity contribution >= 4 is 0 Å². The third-order valence-corrected chi connectivity index (χ3v) is 4.06. The Morgan fingerprint density at radius 1 is 0.737 bits per heavy atom. The van der Waals surface area contributed by atoms with Gasteiger partial charge in [-0.2, -0.15) is 0 Å². The molecule has 98 valence electrons. The van der Waals surface area contributed by atoms with E-state index in [1.807, 2.05) is 12.1 Å². The lowest BCUT2D eigenvalue weighted by molar-refractivity contribution is -0.856. The summed E-state index contributed by atoms with van der Waals surface area (Å²) in [5.41, 5.74) is 2.60. The maximum atomic E-state index is 12.0. The van der Waals surface area contributed by atoms with E-state index in [0.29, 0.717) is 30.0 Å². The van der Waals surface area contributed by atoms with Gasteiger partial charge in [-0.25, -0.2) is 0 Å². The van der Waals surface area contributed by atoms with Gasteiger partial charge in [-0.15, -0.1) is 0 Å². The van der Waals surface area contributed by atoms with Crippen LogP contribution in [0.3, 0.4) is 0 Å². The number of benzene rings is 2. The van der Waals surface area contributed by atoms with Crippen molar-refractivity contribution in [2.75, 3.05) is 13.1 Å². The fourth-order valence-electron chi connectivity index (χ4n) is 3.10. The van der Waals surface area contributed by atoms with Gasteiger partial charge in [0.2, 0.25) is 0 Å². The van der Waals surface area contributed by atoms with E-state index in [2.05, 4.69) is 48.5 Å². The molecule has 0 spiro atoms. The first kappa shape index (κ1) is 12.4. The lowest BCUT2D eigenvalue weighted by atomic mass is 9.82. The predicted molar refractivity (Wildman–Crippen MR) is 77.0 cm³/mol. The standard InChI is InChI=1S/C17H19NO/c19-18-12-16(14-7-3-1-4-8-14)11-17(13-18)15-9-5-2-6-10-15/h1-10,16-18H,11-13H2. The largest absolute Gasteiger partial charge is 0.634 e. The van der Waals surface area contributed by atoms with Crippen LogP contribution in [0.1, 0.15) is 29.4 Å². The zero-order valence-corrected chi connectivity index (χ0v) is 11.0. The highest BCUT2D eigenvalue weighted by molar-refractivity contribution is 5.24.